The van der Waals surface area contributed by atoms with E-state index in [0.717, 1.165) is 0 Å². The van der Waals surface area contributed by atoms with Gasteiger partial charge in [-0.25, -0.2) is 0 Å². The Kier molecular flexibility index (Phi) is 4.03. The van der Waals surface area contributed by atoms with Gasteiger partial charge >= 0.3 is 0 Å². The second-order valence-corrected chi connectivity index (χ2v) is 3.85. The van der Waals surface area contributed by atoms with Gasteiger partial charge in [-0.15, -0.1) is 18.2 Å². The van der Waals surface area contributed by atoms with Crippen molar-refractivity contribution >= 4 is 11.8 Å². The molecule has 1 aliphatic rings. The SMILES string of the molecule is C#CCS[C@@H]1OC[C@@H](O)[C@H](O)[C@H]1O. The van der Waals surface area contributed by atoms with Crippen LogP contribution in [0.1, 0.15) is 0 Å². The zero-order valence-corrected chi connectivity index (χ0v) is 7.78. The normalized spacial score (nSPS) is 39.8. The molecular formula is C8H12O4S. The average Bonchev–Trinajstić information content (AvgIpc) is 2.13. The Morgan fingerprint density at radius 1 is 1.38 bits per heavy atom. The van der Waals surface area contributed by atoms with Crippen molar-refractivity contribution in [3.05, 3.63) is 0 Å². The summed E-state index contributed by atoms with van der Waals surface area (Å²) in [6.07, 6.45) is 1.79. The van der Waals surface area contributed by atoms with E-state index in [1.54, 1.807) is 0 Å². The van der Waals surface area contributed by atoms with Gasteiger partial charge in [0.1, 0.15) is 23.7 Å². The topological polar surface area (TPSA) is 69.9 Å². The van der Waals surface area contributed by atoms with E-state index < -0.39 is 23.7 Å². The van der Waals surface area contributed by atoms with Crippen molar-refractivity contribution in [2.24, 2.45) is 0 Å². The van der Waals surface area contributed by atoms with Gasteiger partial charge in [0.2, 0.25) is 0 Å². The number of thioether (sulfide) groups is 1. The van der Waals surface area contributed by atoms with Gasteiger partial charge in [0.05, 0.1) is 12.4 Å². The first-order chi connectivity index (χ1) is 6.16. The smallest absolute Gasteiger partial charge is 0.132 e. The summed E-state index contributed by atoms with van der Waals surface area (Å²) in [6, 6.07) is 0. The maximum absolute atomic E-state index is 9.41. The maximum atomic E-state index is 9.41. The minimum Gasteiger partial charge on any atom is -0.388 e. The molecule has 1 fully saturated rings. The summed E-state index contributed by atoms with van der Waals surface area (Å²) in [5.41, 5.74) is -0.547. The molecule has 1 aliphatic heterocycles. The van der Waals surface area contributed by atoms with Gasteiger partial charge in [0, 0.05) is 0 Å². The molecule has 0 radical (unpaired) electrons. The third kappa shape index (κ3) is 2.59. The van der Waals surface area contributed by atoms with Crippen LogP contribution in [0.25, 0.3) is 0 Å². The minimum absolute atomic E-state index is 0.0282. The highest BCUT2D eigenvalue weighted by molar-refractivity contribution is 8.00. The fraction of sp³-hybridized carbons (Fsp3) is 0.750. The van der Waals surface area contributed by atoms with Crippen LogP contribution in [0, 0.1) is 12.3 Å². The summed E-state index contributed by atoms with van der Waals surface area (Å²) < 4.78 is 5.08. The van der Waals surface area contributed by atoms with Crippen LogP contribution in [0.15, 0.2) is 0 Å². The lowest BCUT2D eigenvalue weighted by Crippen LogP contribution is -2.51. The van der Waals surface area contributed by atoms with Crippen LogP contribution in [0.5, 0.6) is 0 Å². The van der Waals surface area contributed by atoms with Crippen molar-refractivity contribution in [1.29, 1.82) is 0 Å². The highest BCUT2D eigenvalue weighted by Gasteiger charge is 2.37. The van der Waals surface area contributed by atoms with Gasteiger partial charge < -0.3 is 20.1 Å². The van der Waals surface area contributed by atoms with Crippen LogP contribution in [-0.2, 0) is 4.74 Å². The number of hydrogen-bond donors (Lipinski definition) is 3. The monoisotopic (exact) mass is 204 g/mol. The van der Waals surface area contributed by atoms with Crippen molar-refractivity contribution in [2.45, 2.75) is 23.7 Å². The van der Waals surface area contributed by atoms with Crippen molar-refractivity contribution < 1.29 is 20.1 Å². The summed E-state index contributed by atoms with van der Waals surface area (Å²) >= 11 is 1.23. The first-order valence-electron chi connectivity index (χ1n) is 3.87. The summed E-state index contributed by atoms with van der Waals surface area (Å²) in [7, 11) is 0. The predicted octanol–water partition coefficient (Wildman–Crippen LogP) is -1.21. The van der Waals surface area contributed by atoms with Crippen molar-refractivity contribution in [3.63, 3.8) is 0 Å². The third-order valence-electron chi connectivity index (χ3n) is 1.79. The predicted molar refractivity (Wildman–Crippen MR) is 49.1 cm³/mol. The van der Waals surface area contributed by atoms with Gasteiger partial charge in [-0.3, -0.25) is 0 Å². The van der Waals surface area contributed by atoms with Gasteiger partial charge in [-0.1, -0.05) is 5.92 Å². The molecule has 0 aromatic heterocycles. The highest BCUT2D eigenvalue weighted by atomic mass is 32.2. The second kappa shape index (κ2) is 4.84. The molecule has 4 atom stereocenters. The van der Waals surface area contributed by atoms with E-state index >= 15 is 0 Å². The Balaban J connectivity index is 2.45. The molecule has 3 N–H and O–H groups in total. The van der Waals surface area contributed by atoms with Crippen LogP contribution in [0.3, 0.4) is 0 Å². The Morgan fingerprint density at radius 3 is 2.69 bits per heavy atom. The molecule has 4 nitrogen and oxygen atoms in total. The molecule has 1 rings (SSSR count). The lowest BCUT2D eigenvalue weighted by molar-refractivity contribution is -0.161. The molecule has 0 saturated carbocycles. The molecule has 0 aliphatic carbocycles. The van der Waals surface area contributed by atoms with E-state index in [1.807, 2.05) is 0 Å². The van der Waals surface area contributed by atoms with Crippen molar-refractivity contribution in [3.8, 4) is 12.3 Å². The van der Waals surface area contributed by atoms with E-state index in [4.69, 9.17) is 16.3 Å². The second-order valence-electron chi connectivity index (χ2n) is 2.77. The molecule has 13 heavy (non-hydrogen) atoms. The number of ether oxygens (including phenoxy) is 1. The van der Waals surface area contributed by atoms with E-state index in [0.29, 0.717) is 5.75 Å². The molecule has 0 unspecified atom stereocenters. The summed E-state index contributed by atoms with van der Waals surface area (Å²) in [5, 5.41) is 27.8. The van der Waals surface area contributed by atoms with E-state index in [2.05, 4.69) is 5.92 Å². The van der Waals surface area contributed by atoms with Crippen LogP contribution in [-0.4, -0.2) is 51.4 Å². The number of aliphatic hydroxyl groups excluding tert-OH is 3. The molecular weight excluding hydrogens is 192 g/mol. The molecule has 0 amide bonds. The standard InChI is InChI=1S/C8H12O4S/c1-2-3-13-8-7(11)6(10)5(9)4-12-8/h1,5-11H,3-4H2/t5-,6+,7-,8+/m1/s1. The molecule has 0 aromatic rings. The van der Waals surface area contributed by atoms with Crippen LogP contribution in [0.2, 0.25) is 0 Å². The Labute approximate surface area is 80.9 Å². The minimum atomic E-state index is -1.15. The third-order valence-corrected chi connectivity index (χ3v) is 2.86. The number of terminal acetylenes is 1. The first kappa shape index (κ1) is 10.8. The number of aliphatic hydroxyl groups is 3. The van der Waals surface area contributed by atoms with Crippen LogP contribution in [0.4, 0.5) is 0 Å². The Hall–Kier alpha value is -0.250. The lowest BCUT2D eigenvalue weighted by atomic mass is 10.1. The zero-order valence-electron chi connectivity index (χ0n) is 6.96. The molecule has 0 spiro atoms. The molecule has 74 valence electrons. The van der Waals surface area contributed by atoms with E-state index in [-0.39, 0.29) is 6.61 Å². The fourth-order valence-electron chi connectivity index (χ4n) is 1.06. The fourth-order valence-corrected chi connectivity index (χ4v) is 1.85. The van der Waals surface area contributed by atoms with Gasteiger partial charge in [-0.2, -0.15) is 0 Å². The van der Waals surface area contributed by atoms with Crippen molar-refractivity contribution in [2.75, 3.05) is 12.4 Å². The van der Waals surface area contributed by atoms with Crippen molar-refractivity contribution in [1.82, 2.24) is 0 Å². The van der Waals surface area contributed by atoms with Gasteiger partial charge in [0.25, 0.3) is 0 Å². The average molecular weight is 204 g/mol. The molecule has 1 heterocycles. The van der Waals surface area contributed by atoms with E-state index in [1.165, 1.54) is 11.8 Å². The summed E-state index contributed by atoms with van der Waals surface area (Å²) in [6.45, 7) is 0.0282. The molecule has 0 bridgehead atoms. The molecule has 1 saturated heterocycles. The van der Waals surface area contributed by atoms with Crippen LogP contribution < -0.4 is 0 Å². The Bertz CT molecular complexity index is 203. The Morgan fingerprint density at radius 2 is 2.08 bits per heavy atom. The van der Waals surface area contributed by atoms with Gasteiger partial charge in [-0.05, 0) is 0 Å². The number of hydrogen-bond acceptors (Lipinski definition) is 5. The first-order valence-corrected chi connectivity index (χ1v) is 4.92. The zero-order chi connectivity index (χ0) is 9.84. The van der Waals surface area contributed by atoms with Crippen LogP contribution >= 0.6 is 11.8 Å². The lowest BCUT2D eigenvalue weighted by Gasteiger charge is -2.34. The molecule has 5 heteroatoms. The quantitative estimate of drug-likeness (QED) is 0.492. The summed E-state index contributed by atoms with van der Waals surface area (Å²) in [5.74, 6) is 2.80. The maximum Gasteiger partial charge on any atom is 0.132 e. The summed E-state index contributed by atoms with van der Waals surface area (Å²) in [4.78, 5) is 0. The molecule has 0 aromatic carbocycles. The van der Waals surface area contributed by atoms with Gasteiger partial charge in [0.15, 0.2) is 0 Å². The largest absolute Gasteiger partial charge is 0.388 e. The van der Waals surface area contributed by atoms with E-state index in [9.17, 15) is 10.2 Å². The number of rotatable bonds is 2. The highest BCUT2D eigenvalue weighted by Crippen LogP contribution is 2.24.